The molecular weight excluding hydrogens is 409 g/mol. The third-order valence-electron chi connectivity index (χ3n) is 4.95. The standard InChI is InChI=1S/C21H18FN3O4S/c1-30(28,29)25-11-10-15-12-16(4-8-19(15)25)20(26)13-24-21(27)9-7-18(23-24)14-2-5-17(22)6-3-14/h2-9,12H,10-11,13H2,1H3. The van der Waals surface area contributed by atoms with Crippen molar-refractivity contribution in [3.05, 3.63) is 81.9 Å². The molecule has 0 aliphatic carbocycles. The van der Waals surface area contributed by atoms with Gasteiger partial charge >= 0.3 is 0 Å². The zero-order chi connectivity index (χ0) is 21.5. The highest BCUT2D eigenvalue weighted by Gasteiger charge is 2.26. The van der Waals surface area contributed by atoms with E-state index < -0.39 is 15.6 Å². The fourth-order valence-corrected chi connectivity index (χ4v) is 4.41. The highest BCUT2D eigenvalue weighted by Crippen LogP contribution is 2.30. The third kappa shape index (κ3) is 3.88. The van der Waals surface area contributed by atoms with Crippen LogP contribution in [0.3, 0.4) is 0 Å². The van der Waals surface area contributed by atoms with E-state index in [0.29, 0.717) is 35.5 Å². The Morgan fingerprint density at radius 1 is 1.10 bits per heavy atom. The fraction of sp³-hybridized carbons (Fsp3) is 0.190. The van der Waals surface area contributed by atoms with Gasteiger partial charge in [-0.05, 0) is 60.5 Å². The van der Waals surface area contributed by atoms with Crippen molar-refractivity contribution < 1.29 is 17.6 Å². The van der Waals surface area contributed by atoms with Crippen molar-refractivity contribution in [2.45, 2.75) is 13.0 Å². The summed E-state index contributed by atoms with van der Waals surface area (Å²) in [6.07, 6.45) is 1.66. The predicted octanol–water partition coefficient (Wildman–Crippen LogP) is 2.25. The van der Waals surface area contributed by atoms with Gasteiger partial charge in [0.25, 0.3) is 5.56 Å². The van der Waals surface area contributed by atoms with Crippen LogP contribution in [-0.2, 0) is 23.0 Å². The number of fused-ring (bicyclic) bond motifs is 1. The number of sulfonamides is 1. The van der Waals surface area contributed by atoms with Crippen LogP contribution in [0.1, 0.15) is 15.9 Å². The van der Waals surface area contributed by atoms with Gasteiger partial charge < -0.3 is 0 Å². The van der Waals surface area contributed by atoms with E-state index >= 15 is 0 Å². The van der Waals surface area contributed by atoms with E-state index in [2.05, 4.69) is 5.10 Å². The number of benzene rings is 2. The van der Waals surface area contributed by atoms with E-state index in [-0.39, 0.29) is 18.1 Å². The summed E-state index contributed by atoms with van der Waals surface area (Å²) < 4.78 is 39.2. The Hall–Kier alpha value is -3.33. The van der Waals surface area contributed by atoms with Crippen LogP contribution in [0.2, 0.25) is 0 Å². The number of nitrogens with zero attached hydrogens (tertiary/aromatic N) is 3. The largest absolute Gasteiger partial charge is 0.292 e. The Morgan fingerprint density at radius 3 is 2.53 bits per heavy atom. The Labute approximate surface area is 172 Å². The molecule has 0 fully saturated rings. The van der Waals surface area contributed by atoms with Crippen LogP contribution < -0.4 is 9.86 Å². The molecule has 0 saturated carbocycles. The second kappa shape index (κ2) is 7.49. The molecule has 154 valence electrons. The predicted molar refractivity (Wildman–Crippen MR) is 111 cm³/mol. The topological polar surface area (TPSA) is 89.3 Å². The molecule has 2 aromatic carbocycles. The SMILES string of the molecule is CS(=O)(=O)N1CCc2cc(C(=O)Cn3nc(-c4ccc(F)cc4)ccc3=O)ccc21. The molecule has 0 saturated heterocycles. The van der Waals surface area contributed by atoms with Gasteiger partial charge in [-0.2, -0.15) is 5.10 Å². The number of hydrogen-bond acceptors (Lipinski definition) is 5. The number of anilines is 1. The molecule has 3 aromatic rings. The summed E-state index contributed by atoms with van der Waals surface area (Å²) in [6, 6.07) is 13.3. The van der Waals surface area contributed by atoms with Crippen molar-refractivity contribution in [2.75, 3.05) is 17.1 Å². The molecule has 9 heteroatoms. The average molecular weight is 427 g/mol. The smallest absolute Gasteiger partial charge is 0.267 e. The lowest BCUT2D eigenvalue weighted by molar-refractivity contribution is 0.0965. The maximum atomic E-state index is 13.1. The molecule has 2 heterocycles. The van der Waals surface area contributed by atoms with Crippen LogP contribution in [-0.4, -0.2) is 36.8 Å². The Kier molecular flexibility index (Phi) is 4.98. The number of hydrogen-bond donors (Lipinski definition) is 0. The number of halogens is 1. The second-order valence-corrected chi connectivity index (χ2v) is 8.98. The summed E-state index contributed by atoms with van der Waals surface area (Å²) in [5, 5.41) is 4.23. The molecule has 0 unspecified atom stereocenters. The Bertz CT molecular complexity index is 1300. The summed E-state index contributed by atoms with van der Waals surface area (Å²) in [7, 11) is -3.37. The van der Waals surface area contributed by atoms with E-state index in [4.69, 9.17) is 0 Å². The molecule has 1 aromatic heterocycles. The molecule has 0 bridgehead atoms. The first-order valence-electron chi connectivity index (χ1n) is 9.20. The fourth-order valence-electron chi connectivity index (χ4n) is 3.45. The van der Waals surface area contributed by atoms with Crippen molar-refractivity contribution >= 4 is 21.5 Å². The molecule has 1 aliphatic rings. The third-order valence-corrected chi connectivity index (χ3v) is 6.13. The summed E-state index contributed by atoms with van der Waals surface area (Å²) in [6.45, 7) is 0.0784. The van der Waals surface area contributed by atoms with Crippen LogP contribution in [0, 0.1) is 5.82 Å². The van der Waals surface area contributed by atoms with Gasteiger partial charge in [0.1, 0.15) is 12.4 Å². The van der Waals surface area contributed by atoms with Gasteiger partial charge in [-0.1, -0.05) is 0 Å². The first-order valence-corrected chi connectivity index (χ1v) is 11.1. The number of carbonyl (C=O) groups excluding carboxylic acids is 1. The van der Waals surface area contributed by atoms with Gasteiger partial charge in [0.05, 0.1) is 17.6 Å². The lowest BCUT2D eigenvalue weighted by Gasteiger charge is -2.16. The van der Waals surface area contributed by atoms with Gasteiger partial charge in [-0.25, -0.2) is 17.5 Å². The van der Waals surface area contributed by atoms with E-state index in [1.807, 2.05) is 0 Å². The van der Waals surface area contributed by atoms with E-state index in [1.165, 1.54) is 28.6 Å². The summed E-state index contributed by atoms with van der Waals surface area (Å²) >= 11 is 0. The van der Waals surface area contributed by atoms with Crippen molar-refractivity contribution in [3.8, 4) is 11.3 Å². The molecule has 30 heavy (non-hydrogen) atoms. The van der Waals surface area contributed by atoms with Gasteiger partial charge in [0.2, 0.25) is 10.0 Å². The lowest BCUT2D eigenvalue weighted by atomic mass is 10.1. The van der Waals surface area contributed by atoms with Gasteiger partial charge in [0.15, 0.2) is 5.78 Å². The minimum absolute atomic E-state index is 0.261. The first-order chi connectivity index (χ1) is 14.2. The monoisotopic (exact) mass is 427 g/mol. The second-order valence-electron chi connectivity index (χ2n) is 7.07. The van der Waals surface area contributed by atoms with Crippen LogP contribution in [0.5, 0.6) is 0 Å². The van der Waals surface area contributed by atoms with Gasteiger partial charge in [-0.15, -0.1) is 0 Å². The molecular formula is C21H18FN3O4S. The normalized spacial score (nSPS) is 13.3. The Morgan fingerprint density at radius 2 is 1.83 bits per heavy atom. The molecule has 0 atom stereocenters. The highest BCUT2D eigenvalue weighted by atomic mass is 32.2. The summed E-state index contributed by atoms with van der Waals surface area (Å²) in [4.78, 5) is 24.9. The molecule has 7 nitrogen and oxygen atoms in total. The zero-order valence-electron chi connectivity index (χ0n) is 16.1. The van der Waals surface area contributed by atoms with Crippen molar-refractivity contribution in [3.63, 3.8) is 0 Å². The average Bonchev–Trinajstić information content (AvgIpc) is 3.14. The van der Waals surface area contributed by atoms with E-state index in [9.17, 15) is 22.4 Å². The summed E-state index contributed by atoms with van der Waals surface area (Å²) in [5.41, 5.74) is 2.36. The number of aromatic nitrogens is 2. The number of carbonyl (C=O) groups is 1. The summed E-state index contributed by atoms with van der Waals surface area (Å²) in [5.74, 6) is -0.699. The van der Waals surface area contributed by atoms with Crippen molar-refractivity contribution in [1.82, 2.24) is 9.78 Å². The molecule has 4 rings (SSSR count). The van der Waals surface area contributed by atoms with Gasteiger partial charge in [0, 0.05) is 23.7 Å². The van der Waals surface area contributed by atoms with Crippen molar-refractivity contribution in [1.29, 1.82) is 0 Å². The van der Waals surface area contributed by atoms with Crippen LogP contribution in [0.4, 0.5) is 10.1 Å². The highest BCUT2D eigenvalue weighted by molar-refractivity contribution is 7.92. The quantitative estimate of drug-likeness (QED) is 0.583. The minimum Gasteiger partial charge on any atom is -0.292 e. The first kappa shape index (κ1) is 20.0. The van der Waals surface area contributed by atoms with Gasteiger partial charge in [-0.3, -0.25) is 13.9 Å². The zero-order valence-corrected chi connectivity index (χ0v) is 16.9. The van der Waals surface area contributed by atoms with Crippen LogP contribution >= 0.6 is 0 Å². The molecule has 0 radical (unpaired) electrons. The molecule has 0 amide bonds. The van der Waals surface area contributed by atoms with Crippen molar-refractivity contribution in [2.24, 2.45) is 0 Å². The molecule has 0 N–H and O–H groups in total. The number of rotatable bonds is 5. The molecule has 1 aliphatic heterocycles. The maximum absolute atomic E-state index is 13.1. The Balaban J connectivity index is 1.60. The van der Waals surface area contributed by atoms with E-state index in [0.717, 1.165) is 16.5 Å². The number of ketones is 1. The molecule has 0 spiro atoms. The van der Waals surface area contributed by atoms with Crippen LogP contribution in [0.15, 0.2) is 59.4 Å². The minimum atomic E-state index is -3.37. The number of Topliss-reactive ketones (excluding diaryl/α,β-unsaturated/α-hetero) is 1. The van der Waals surface area contributed by atoms with E-state index in [1.54, 1.807) is 30.3 Å². The lowest BCUT2D eigenvalue weighted by Crippen LogP contribution is -2.27. The van der Waals surface area contributed by atoms with Crippen LogP contribution in [0.25, 0.3) is 11.3 Å². The maximum Gasteiger partial charge on any atom is 0.267 e.